The average Bonchev–Trinajstić information content (AvgIpc) is 2.89. The minimum absolute atomic E-state index is 0.0568. The molecule has 1 fully saturated rings. The lowest BCUT2D eigenvalue weighted by atomic mass is 9.74. The lowest BCUT2D eigenvalue weighted by Crippen LogP contribution is -2.43. The van der Waals surface area contributed by atoms with Crippen LogP contribution in [0.2, 0.25) is 0 Å². The van der Waals surface area contributed by atoms with Gasteiger partial charge in [0.05, 0.1) is 0 Å². The van der Waals surface area contributed by atoms with E-state index in [4.69, 9.17) is 0 Å². The summed E-state index contributed by atoms with van der Waals surface area (Å²) in [6, 6.07) is 8.21. The molecule has 0 unspecified atom stereocenters. The standard InChI is InChI=1S/C19H24N2O2/c1-4-17(22)21-11-9-19(10-12-21)13-15(18(23)20(2)3)14-7-5-6-8-16(14)19/h5-8,13H,4,9-12H2,1-3H3. The Morgan fingerprint density at radius 1 is 1.17 bits per heavy atom. The molecule has 2 amide bonds. The molecule has 122 valence electrons. The molecular formula is C19H24N2O2. The average molecular weight is 312 g/mol. The molecule has 0 saturated carbocycles. The second-order valence-corrected chi connectivity index (χ2v) is 6.69. The van der Waals surface area contributed by atoms with Crippen LogP contribution < -0.4 is 0 Å². The normalized spacial score (nSPS) is 18.6. The van der Waals surface area contributed by atoms with E-state index in [1.165, 1.54) is 5.56 Å². The van der Waals surface area contributed by atoms with E-state index in [2.05, 4.69) is 12.1 Å². The molecule has 0 radical (unpaired) electrons. The number of amides is 2. The Balaban J connectivity index is 1.94. The molecule has 1 spiro atoms. The fraction of sp³-hybridized carbons (Fsp3) is 0.474. The number of carbonyl (C=O) groups excluding carboxylic acids is 2. The zero-order valence-corrected chi connectivity index (χ0v) is 14.1. The molecule has 4 nitrogen and oxygen atoms in total. The van der Waals surface area contributed by atoms with Gasteiger partial charge < -0.3 is 9.80 Å². The van der Waals surface area contributed by atoms with Crippen LogP contribution in [0.15, 0.2) is 30.3 Å². The molecule has 0 bridgehead atoms. The molecule has 3 rings (SSSR count). The highest BCUT2D eigenvalue weighted by Gasteiger charge is 2.42. The minimum Gasteiger partial charge on any atom is -0.345 e. The van der Waals surface area contributed by atoms with E-state index in [-0.39, 0.29) is 17.2 Å². The maximum Gasteiger partial charge on any atom is 0.253 e. The van der Waals surface area contributed by atoms with Crippen LogP contribution in [0.25, 0.3) is 5.57 Å². The molecule has 1 saturated heterocycles. The van der Waals surface area contributed by atoms with Crippen molar-refractivity contribution in [3.8, 4) is 0 Å². The fourth-order valence-electron chi connectivity index (χ4n) is 3.79. The number of benzene rings is 1. The third-order valence-corrected chi connectivity index (χ3v) is 5.12. The Bertz CT molecular complexity index is 668. The van der Waals surface area contributed by atoms with Gasteiger partial charge in [-0.15, -0.1) is 0 Å². The number of likely N-dealkylation sites (tertiary alicyclic amines) is 1. The van der Waals surface area contributed by atoms with Gasteiger partial charge in [-0.3, -0.25) is 9.59 Å². The molecule has 1 aromatic rings. The van der Waals surface area contributed by atoms with Crippen LogP contribution >= 0.6 is 0 Å². The molecule has 0 aromatic heterocycles. The Morgan fingerprint density at radius 3 is 2.43 bits per heavy atom. The van der Waals surface area contributed by atoms with Crippen molar-refractivity contribution in [3.63, 3.8) is 0 Å². The van der Waals surface area contributed by atoms with E-state index in [1.807, 2.05) is 30.0 Å². The number of hydrogen-bond donors (Lipinski definition) is 0. The van der Waals surface area contributed by atoms with Crippen molar-refractivity contribution in [2.75, 3.05) is 27.2 Å². The zero-order valence-electron chi connectivity index (χ0n) is 14.1. The summed E-state index contributed by atoms with van der Waals surface area (Å²) in [5, 5.41) is 0. The Hall–Kier alpha value is -2.10. The van der Waals surface area contributed by atoms with Gasteiger partial charge >= 0.3 is 0 Å². The SMILES string of the molecule is CCC(=O)N1CCC2(C=C(C(=O)N(C)C)c3ccccc32)CC1. The number of likely N-dealkylation sites (N-methyl/N-ethyl adjacent to an activating group) is 1. The minimum atomic E-state index is -0.0951. The van der Waals surface area contributed by atoms with Gasteiger partial charge in [-0.05, 0) is 24.0 Å². The lowest BCUT2D eigenvalue weighted by molar-refractivity contribution is -0.132. The molecule has 2 aliphatic rings. The van der Waals surface area contributed by atoms with Crippen LogP contribution in [0.3, 0.4) is 0 Å². The van der Waals surface area contributed by atoms with E-state index in [9.17, 15) is 9.59 Å². The Labute approximate surface area is 137 Å². The molecule has 4 heteroatoms. The van der Waals surface area contributed by atoms with Gasteiger partial charge in [-0.2, -0.15) is 0 Å². The molecule has 0 N–H and O–H groups in total. The largest absolute Gasteiger partial charge is 0.345 e. The molecule has 23 heavy (non-hydrogen) atoms. The van der Waals surface area contributed by atoms with Gasteiger partial charge in [0.1, 0.15) is 0 Å². The van der Waals surface area contributed by atoms with E-state index in [1.54, 1.807) is 19.0 Å². The van der Waals surface area contributed by atoms with E-state index >= 15 is 0 Å². The zero-order chi connectivity index (χ0) is 16.6. The summed E-state index contributed by atoms with van der Waals surface area (Å²) in [6.45, 7) is 3.44. The predicted molar refractivity (Wildman–Crippen MR) is 90.9 cm³/mol. The Kier molecular flexibility index (Phi) is 4.00. The van der Waals surface area contributed by atoms with Crippen molar-refractivity contribution in [3.05, 3.63) is 41.5 Å². The fourth-order valence-corrected chi connectivity index (χ4v) is 3.79. The van der Waals surface area contributed by atoms with E-state index < -0.39 is 0 Å². The maximum atomic E-state index is 12.5. The van der Waals surface area contributed by atoms with Crippen LogP contribution in [0.4, 0.5) is 0 Å². The summed E-state index contributed by atoms with van der Waals surface area (Å²) in [7, 11) is 3.58. The van der Waals surface area contributed by atoms with Crippen LogP contribution in [0.5, 0.6) is 0 Å². The van der Waals surface area contributed by atoms with Gasteiger partial charge in [-0.1, -0.05) is 37.3 Å². The third kappa shape index (κ3) is 2.56. The molecule has 1 heterocycles. The lowest BCUT2D eigenvalue weighted by Gasteiger charge is -2.39. The van der Waals surface area contributed by atoms with Crippen LogP contribution in [-0.2, 0) is 15.0 Å². The summed E-state index contributed by atoms with van der Waals surface area (Å²) >= 11 is 0. The quantitative estimate of drug-likeness (QED) is 0.841. The first-order valence-corrected chi connectivity index (χ1v) is 8.30. The Morgan fingerprint density at radius 2 is 1.83 bits per heavy atom. The van der Waals surface area contributed by atoms with Gasteiger partial charge in [0.15, 0.2) is 0 Å². The number of fused-ring (bicyclic) bond motifs is 2. The highest BCUT2D eigenvalue weighted by molar-refractivity contribution is 6.21. The van der Waals surface area contributed by atoms with Gasteiger partial charge in [0.2, 0.25) is 5.91 Å². The van der Waals surface area contributed by atoms with Crippen molar-refractivity contribution in [1.82, 2.24) is 9.80 Å². The summed E-state index contributed by atoms with van der Waals surface area (Å²) in [4.78, 5) is 28.1. The molecule has 1 aliphatic carbocycles. The number of hydrogen-bond acceptors (Lipinski definition) is 2. The van der Waals surface area contributed by atoms with E-state index in [0.29, 0.717) is 6.42 Å². The maximum absolute atomic E-state index is 12.5. The first kappa shape index (κ1) is 15.8. The number of piperidine rings is 1. The second-order valence-electron chi connectivity index (χ2n) is 6.69. The number of rotatable bonds is 2. The molecule has 1 aliphatic heterocycles. The van der Waals surface area contributed by atoms with Crippen molar-refractivity contribution < 1.29 is 9.59 Å². The molecular weight excluding hydrogens is 288 g/mol. The van der Waals surface area contributed by atoms with Crippen molar-refractivity contribution in [2.24, 2.45) is 0 Å². The third-order valence-electron chi connectivity index (χ3n) is 5.12. The van der Waals surface area contributed by atoms with Gasteiger partial charge in [0.25, 0.3) is 5.91 Å². The number of carbonyl (C=O) groups is 2. The molecule has 1 aromatic carbocycles. The highest BCUT2D eigenvalue weighted by Crippen LogP contribution is 2.47. The van der Waals surface area contributed by atoms with E-state index in [0.717, 1.165) is 37.1 Å². The monoisotopic (exact) mass is 312 g/mol. The van der Waals surface area contributed by atoms with Gasteiger partial charge in [-0.25, -0.2) is 0 Å². The smallest absolute Gasteiger partial charge is 0.253 e. The topological polar surface area (TPSA) is 40.6 Å². The summed E-state index contributed by atoms with van der Waals surface area (Å²) in [5.74, 6) is 0.279. The summed E-state index contributed by atoms with van der Waals surface area (Å²) in [5.41, 5.74) is 3.01. The summed E-state index contributed by atoms with van der Waals surface area (Å²) in [6.07, 6.45) is 4.50. The van der Waals surface area contributed by atoms with Crippen molar-refractivity contribution in [1.29, 1.82) is 0 Å². The molecule has 0 atom stereocenters. The second kappa shape index (κ2) is 5.84. The van der Waals surface area contributed by atoms with Crippen molar-refractivity contribution in [2.45, 2.75) is 31.6 Å². The van der Waals surface area contributed by atoms with Crippen LogP contribution in [-0.4, -0.2) is 48.8 Å². The number of allylic oxidation sites excluding steroid dienone is 1. The highest BCUT2D eigenvalue weighted by atomic mass is 16.2. The van der Waals surface area contributed by atoms with Crippen LogP contribution in [0, 0.1) is 0 Å². The van der Waals surface area contributed by atoms with Crippen LogP contribution in [0.1, 0.15) is 37.3 Å². The summed E-state index contributed by atoms with van der Waals surface area (Å²) < 4.78 is 0. The van der Waals surface area contributed by atoms with Gasteiger partial charge in [0, 0.05) is 44.6 Å². The first-order chi connectivity index (χ1) is 11.0. The predicted octanol–water partition coefficient (Wildman–Crippen LogP) is 2.44. The first-order valence-electron chi connectivity index (χ1n) is 8.30. The van der Waals surface area contributed by atoms with Crippen molar-refractivity contribution >= 4 is 17.4 Å². The number of nitrogens with zero attached hydrogens (tertiary/aromatic N) is 2.